The Morgan fingerprint density at radius 3 is 2.63 bits per heavy atom. The summed E-state index contributed by atoms with van der Waals surface area (Å²) in [5.74, 6) is 2.19. The van der Waals surface area contributed by atoms with E-state index in [9.17, 15) is 0 Å². The third-order valence-corrected chi connectivity index (χ3v) is 7.74. The van der Waals surface area contributed by atoms with Gasteiger partial charge < -0.3 is 19.2 Å². The van der Waals surface area contributed by atoms with Crippen molar-refractivity contribution < 1.29 is 4.74 Å². The number of anilines is 1. The molecule has 1 aromatic carbocycles. The molecule has 1 aliphatic carbocycles. The largest absolute Gasteiger partial charge is 0.381 e. The quantitative estimate of drug-likeness (QED) is 0.359. The van der Waals surface area contributed by atoms with Gasteiger partial charge in [-0.05, 0) is 24.8 Å². The van der Waals surface area contributed by atoms with Gasteiger partial charge in [0.1, 0.15) is 10.6 Å². The summed E-state index contributed by atoms with van der Waals surface area (Å²) >= 11 is 1.65. The molecule has 178 valence electrons. The number of methoxy groups -OCH3 is 1. The van der Waals surface area contributed by atoms with Gasteiger partial charge in [-0.15, -0.1) is 11.3 Å². The Kier molecular flexibility index (Phi) is 5.58. The minimum Gasteiger partial charge on any atom is -0.381 e. The SMILES string of the molecule is CO[C@H]1CC[C@@H](Nc2nc(-c3nccn3C)nc3sc(-c4cn(C)cn4)c(-c4ccccc4)c23)C1. The predicted octanol–water partition coefficient (Wildman–Crippen LogP) is 5.14. The highest BCUT2D eigenvalue weighted by molar-refractivity contribution is 7.22. The van der Waals surface area contributed by atoms with Gasteiger partial charge in [0.15, 0.2) is 11.6 Å². The summed E-state index contributed by atoms with van der Waals surface area (Å²) in [7, 11) is 5.75. The summed E-state index contributed by atoms with van der Waals surface area (Å²) in [6.07, 6.45) is 10.9. The third-order valence-electron chi connectivity index (χ3n) is 6.63. The van der Waals surface area contributed by atoms with Crippen LogP contribution in [0.25, 0.3) is 43.6 Å². The summed E-state index contributed by atoms with van der Waals surface area (Å²) in [6.45, 7) is 0. The average molecular weight is 486 g/mol. The maximum Gasteiger partial charge on any atom is 0.199 e. The average Bonchev–Trinajstić information content (AvgIpc) is 3.66. The maximum atomic E-state index is 5.63. The molecule has 4 aromatic heterocycles. The molecule has 4 heterocycles. The van der Waals surface area contributed by atoms with Gasteiger partial charge in [0.05, 0.1) is 28.4 Å². The summed E-state index contributed by atoms with van der Waals surface area (Å²) in [5, 5.41) is 4.79. The van der Waals surface area contributed by atoms with Gasteiger partial charge in [-0.25, -0.2) is 19.9 Å². The van der Waals surface area contributed by atoms with Crippen LogP contribution in [0.1, 0.15) is 19.3 Å². The van der Waals surface area contributed by atoms with Crippen LogP contribution >= 0.6 is 11.3 Å². The number of aryl methyl sites for hydroxylation is 2. The zero-order chi connectivity index (χ0) is 23.9. The van der Waals surface area contributed by atoms with Crippen LogP contribution in [0, 0.1) is 0 Å². The molecule has 1 N–H and O–H groups in total. The van der Waals surface area contributed by atoms with Crippen LogP contribution in [0.3, 0.4) is 0 Å². The number of thiophene rings is 1. The van der Waals surface area contributed by atoms with Crippen LogP contribution in [0.5, 0.6) is 0 Å². The van der Waals surface area contributed by atoms with Gasteiger partial charge in [-0.1, -0.05) is 30.3 Å². The van der Waals surface area contributed by atoms with Crippen molar-refractivity contribution in [3.05, 3.63) is 55.2 Å². The molecule has 1 fully saturated rings. The number of rotatable bonds is 6. The molecule has 0 saturated heterocycles. The lowest BCUT2D eigenvalue weighted by atomic mass is 10.0. The predicted molar refractivity (Wildman–Crippen MR) is 139 cm³/mol. The Bertz CT molecular complexity index is 1490. The number of nitrogens with zero attached hydrogens (tertiary/aromatic N) is 6. The molecule has 6 rings (SSSR count). The first-order valence-corrected chi connectivity index (χ1v) is 12.6. The highest BCUT2D eigenvalue weighted by Crippen LogP contribution is 2.46. The molecule has 9 heteroatoms. The van der Waals surface area contributed by atoms with Crippen molar-refractivity contribution in [1.82, 2.24) is 29.1 Å². The van der Waals surface area contributed by atoms with Gasteiger partial charge >= 0.3 is 0 Å². The lowest BCUT2D eigenvalue weighted by molar-refractivity contribution is 0.108. The molecule has 5 aromatic rings. The van der Waals surface area contributed by atoms with Crippen molar-refractivity contribution in [3.63, 3.8) is 0 Å². The molecule has 0 radical (unpaired) electrons. The van der Waals surface area contributed by atoms with Crippen LogP contribution in [-0.4, -0.2) is 48.3 Å². The molecular formula is C26H27N7OS. The summed E-state index contributed by atoms with van der Waals surface area (Å²) in [4.78, 5) is 21.3. The van der Waals surface area contributed by atoms with Crippen molar-refractivity contribution >= 4 is 27.4 Å². The number of imidazole rings is 2. The highest BCUT2D eigenvalue weighted by atomic mass is 32.1. The van der Waals surface area contributed by atoms with Crippen molar-refractivity contribution in [1.29, 1.82) is 0 Å². The molecule has 2 atom stereocenters. The van der Waals surface area contributed by atoms with E-state index in [2.05, 4.69) is 45.7 Å². The Morgan fingerprint density at radius 1 is 1.09 bits per heavy atom. The lowest BCUT2D eigenvalue weighted by Gasteiger charge is -2.16. The summed E-state index contributed by atoms with van der Waals surface area (Å²) < 4.78 is 9.55. The van der Waals surface area contributed by atoms with Gasteiger partial charge in [0, 0.05) is 51.4 Å². The van der Waals surface area contributed by atoms with Crippen molar-refractivity contribution in [3.8, 4) is 33.3 Å². The second-order valence-corrected chi connectivity index (χ2v) is 10.0. The maximum absolute atomic E-state index is 5.63. The van der Waals surface area contributed by atoms with Crippen LogP contribution in [0.2, 0.25) is 0 Å². The Morgan fingerprint density at radius 2 is 1.94 bits per heavy atom. The zero-order valence-corrected chi connectivity index (χ0v) is 20.8. The number of fused-ring (bicyclic) bond motifs is 1. The summed E-state index contributed by atoms with van der Waals surface area (Å²) in [5.41, 5.74) is 3.16. The highest BCUT2D eigenvalue weighted by Gasteiger charge is 2.28. The van der Waals surface area contributed by atoms with E-state index in [0.717, 1.165) is 62.8 Å². The second-order valence-electron chi connectivity index (χ2n) is 9.05. The van der Waals surface area contributed by atoms with Gasteiger partial charge in [0.2, 0.25) is 0 Å². The molecule has 1 aliphatic rings. The van der Waals surface area contributed by atoms with Crippen LogP contribution in [-0.2, 0) is 18.8 Å². The molecule has 0 bridgehead atoms. The Labute approximate surface area is 207 Å². The van der Waals surface area contributed by atoms with Crippen LogP contribution < -0.4 is 5.32 Å². The topological polar surface area (TPSA) is 82.7 Å². The molecular weight excluding hydrogens is 458 g/mol. The first kappa shape index (κ1) is 21.9. The van der Waals surface area contributed by atoms with Crippen molar-refractivity contribution in [2.24, 2.45) is 14.1 Å². The fourth-order valence-corrected chi connectivity index (χ4v) is 6.01. The zero-order valence-electron chi connectivity index (χ0n) is 20.0. The van der Waals surface area contributed by atoms with Crippen LogP contribution in [0.15, 0.2) is 55.2 Å². The summed E-state index contributed by atoms with van der Waals surface area (Å²) in [6, 6.07) is 10.7. The number of hydrogen-bond acceptors (Lipinski definition) is 7. The number of ether oxygens (including phenoxy) is 1. The fourth-order valence-electron chi connectivity index (χ4n) is 4.86. The van der Waals surface area contributed by atoms with E-state index >= 15 is 0 Å². The lowest BCUT2D eigenvalue weighted by Crippen LogP contribution is -2.18. The van der Waals surface area contributed by atoms with E-state index < -0.39 is 0 Å². The fraction of sp³-hybridized carbons (Fsp3) is 0.308. The standard InChI is InChI=1S/C26H27N7OS/c1-32-14-19(28-15-32)22-20(16-7-5-4-6-8-16)21-23(29-17-9-10-18(13-17)34-3)30-24(31-26(21)35-22)25-27-11-12-33(25)2/h4-8,11-12,14-15,17-18H,9-10,13H2,1-3H3,(H,29,30,31)/t17-,18+/m1/s1. The second kappa shape index (κ2) is 8.90. The molecule has 0 unspecified atom stereocenters. The van der Waals surface area contributed by atoms with E-state index in [-0.39, 0.29) is 12.1 Å². The minimum absolute atomic E-state index is 0.277. The van der Waals surface area contributed by atoms with E-state index in [1.54, 1.807) is 24.6 Å². The van der Waals surface area contributed by atoms with Gasteiger partial charge in [-0.3, -0.25) is 0 Å². The molecule has 35 heavy (non-hydrogen) atoms. The molecule has 0 aliphatic heterocycles. The third kappa shape index (κ3) is 4.00. The minimum atomic E-state index is 0.277. The van der Waals surface area contributed by atoms with E-state index in [0.29, 0.717) is 5.82 Å². The van der Waals surface area contributed by atoms with E-state index in [1.807, 2.05) is 41.8 Å². The number of aromatic nitrogens is 6. The molecule has 1 saturated carbocycles. The monoisotopic (exact) mass is 485 g/mol. The first-order valence-electron chi connectivity index (χ1n) is 11.8. The first-order chi connectivity index (χ1) is 17.1. The number of hydrogen-bond donors (Lipinski definition) is 1. The van der Waals surface area contributed by atoms with Crippen molar-refractivity contribution in [2.75, 3.05) is 12.4 Å². The van der Waals surface area contributed by atoms with Crippen molar-refractivity contribution in [2.45, 2.75) is 31.4 Å². The van der Waals surface area contributed by atoms with Crippen LogP contribution in [0.4, 0.5) is 5.82 Å². The van der Waals surface area contributed by atoms with Gasteiger partial charge in [-0.2, -0.15) is 0 Å². The molecule has 8 nitrogen and oxygen atoms in total. The molecule has 0 amide bonds. The number of nitrogens with one attached hydrogen (secondary N) is 1. The van der Waals surface area contributed by atoms with Gasteiger partial charge in [0.25, 0.3) is 0 Å². The van der Waals surface area contributed by atoms with E-state index in [1.165, 1.54) is 0 Å². The Hall–Kier alpha value is -3.56. The van der Waals surface area contributed by atoms with E-state index in [4.69, 9.17) is 14.7 Å². The molecule has 0 spiro atoms. The Balaban J connectivity index is 1.60. The smallest absolute Gasteiger partial charge is 0.199 e. The number of benzene rings is 1. The normalized spacial score (nSPS) is 17.9.